The first-order chi connectivity index (χ1) is 16.7. The van der Waals surface area contributed by atoms with E-state index >= 15 is 0 Å². The average molecular weight is 457 g/mol. The van der Waals surface area contributed by atoms with Crippen molar-refractivity contribution in [2.24, 2.45) is 0 Å². The van der Waals surface area contributed by atoms with Crippen molar-refractivity contribution < 1.29 is 9.59 Å². The number of aromatic nitrogens is 2. The fourth-order valence-electron chi connectivity index (χ4n) is 5.46. The minimum absolute atomic E-state index is 0.0310. The Bertz CT molecular complexity index is 1100. The van der Waals surface area contributed by atoms with Gasteiger partial charge in [-0.05, 0) is 61.1 Å². The summed E-state index contributed by atoms with van der Waals surface area (Å²) in [6.07, 6.45) is 11.7. The number of H-pyrrole nitrogens is 1. The Morgan fingerprint density at radius 3 is 2.26 bits per heavy atom. The molecule has 6 nitrogen and oxygen atoms in total. The van der Waals surface area contributed by atoms with Crippen LogP contribution in [0.4, 0.5) is 0 Å². The minimum Gasteiger partial charge on any atom is -0.351 e. The summed E-state index contributed by atoms with van der Waals surface area (Å²) in [7, 11) is 0. The number of carbonyl (C=O) groups is 2. The third-order valence-electron chi connectivity index (χ3n) is 7.20. The predicted molar refractivity (Wildman–Crippen MR) is 132 cm³/mol. The van der Waals surface area contributed by atoms with Crippen LogP contribution in [0, 0.1) is 0 Å². The monoisotopic (exact) mass is 456 g/mol. The Labute approximate surface area is 200 Å². The van der Waals surface area contributed by atoms with E-state index in [2.05, 4.69) is 15.3 Å². The Hall–Kier alpha value is -3.41. The van der Waals surface area contributed by atoms with E-state index in [-0.39, 0.29) is 23.9 Å². The standard InChI is InChI=1S/C28H32N4O2/c33-27(30-22-10-4-5-11-22)26(21-16-18-29-19-17-21)32(23-12-6-7-13-23)28(34)25-15-14-24(31-25)20-8-2-1-3-9-20/h1-3,8-9,14-19,22-23,26,31H,4-7,10-13H2,(H,30,33). The zero-order valence-electron chi connectivity index (χ0n) is 19.5. The van der Waals surface area contributed by atoms with Gasteiger partial charge in [0.1, 0.15) is 11.7 Å². The summed E-state index contributed by atoms with van der Waals surface area (Å²) >= 11 is 0. The first-order valence-corrected chi connectivity index (χ1v) is 12.5. The van der Waals surface area contributed by atoms with Gasteiger partial charge in [-0.1, -0.05) is 56.0 Å². The van der Waals surface area contributed by atoms with E-state index in [4.69, 9.17) is 0 Å². The van der Waals surface area contributed by atoms with Gasteiger partial charge in [0.25, 0.3) is 5.91 Å². The summed E-state index contributed by atoms with van der Waals surface area (Å²) in [5, 5.41) is 3.26. The van der Waals surface area contributed by atoms with Gasteiger partial charge in [-0.3, -0.25) is 14.6 Å². The molecule has 3 aromatic rings. The van der Waals surface area contributed by atoms with Gasteiger partial charge in [0.05, 0.1) is 0 Å². The van der Waals surface area contributed by atoms with E-state index in [1.54, 1.807) is 12.4 Å². The third-order valence-corrected chi connectivity index (χ3v) is 7.20. The summed E-state index contributed by atoms with van der Waals surface area (Å²) in [5.41, 5.74) is 3.24. The largest absolute Gasteiger partial charge is 0.351 e. The lowest BCUT2D eigenvalue weighted by Crippen LogP contribution is -2.49. The first-order valence-electron chi connectivity index (χ1n) is 12.5. The van der Waals surface area contributed by atoms with E-state index in [1.165, 1.54) is 0 Å². The molecule has 2 saturated carbocycles. The number of aromatic amines is 1. The van der Waals surface area contributed by atoms with Crippen molar-refractivity contribution >= 4 is 11.8 Å². The number of hydrogen-bond acceptors (Lipinski definition) is 3. The number of benzene rings is 1. The lowest BCUT2D eigenvalue weighted by atomic mass is 10.0. The Morgan fingerprint density at radius 2 is 1.56 bits per heavy atom. The molecule has 2 amide bonds. The van der Waals surface area contributed by atoms with E-state index in [0.29, 0.717) is 5.69 Å². The van der Waals surface area contributed by atoms with Crippen molar-refractivity contribution in [1.29, 1.82) is 0 Å². The topological polar surface area (TPSA) is 78.1 Å². The molecule has 2 aliphatic rings. The fraction of sp³-hybridized carbons (Fsp3) is 0.393. The first kappa shape index (κ1) is 22.4. The Kier molecular flexibility index (Phi) is 6.74. The van der Waals surface area contributed by atoms with Crippen LogP contribution in [0.3, 0.4) is 0 Å². The van der Waals surface area contributed by atoms with Gasteiger partial charge in [-0.25, -0.2) is 0 Å². The molecule has 0 spiro atoms. The quantitative estimate of drug-likeness (QED) is 0.509. The maximum atomic E-state index is 14.0. The molecule has 2 fully saturated rings. The molecular weight excluding hydrogens is 424 g/mol. The zero-order valence-corrected chi connectivity index (χ0v) is 19.5. The van der Waals surface area contributed by atoms with Crippen LogP contribution in [0.25, 0.3) is 11.3 Å². The van der Waals surface area contributed by atoms with Gasteiger partial charge >= 0.3 is 0 Å². The predicted octanol–water partition coefficient (Wildman–Crippen LogP) is 5.26. The van der Waals surface area contributed by atoms with Crippen molar-refractivity contribution in [1.82, 2.24) is 20.2 Å². The van der Waals surface area contributed by atoms with Gasteiger partial charge in [-0.15, -0.1) is 0 Å². The summed E-state index contributed by atoms with van der Waals surface area (Å²) in [4.78, 5) is 37.1. The SMILES string of the molecule is O=C(NC1CCCC1)C(c1ccncc1)N(C(=O)c1ccc(-c2ccccc2)[nH]1)C1CCCC1. The van der Waals surface area contributed by atoms with E-state index < -0.39 is 6.04 Å². The smallest absolute Gasteiger partial charge is 0.271 e. The number of nitrogens with one attached hydrogen (secondary N) is 2. The van der Waals surface area contributed by atoms with Gasteiger partial charge < -0.3 is 15.2 Å². The molecule has 5 rings (SSSR count). The summed E-state index contributed by atoms with van der Waals surface area (Å²) in [5.74, 6) is -0.217. The van der Waals surface area contributed by atoms with E-state index in [9.17, 15) is 9.59 Å². The van der Waals surface area contributed by atoms with Crippen LogP contribution in [0.1, 0.15) is 73.5 Å². The third kappa shape index (κ3) is 4.76. The van der Waals surface area contributed by atoms with Crippen LogP contribution in [0.2, 0.25) is 0 Å². The number of amides is 2. The van der Waals surface area contributed by atoms with E-state index in [1.807, 2.05) is 59.5 Å². The highest BCUT2D eigenvalue weighted by Gasteiger charge is 2.39. The maximum Gasteiger partial charge on any atom is 0.271 e. The molecule has 34 heavy (non-hydrogen) atoms. The minimum atomic E-state index is -0.678. The Morgan fingerprint density at radius 1 is 0.882 bits per heavy atom. The van der Waals surface area contributed by atoms with Gasteiger partial charge in [-0.2, -0.15) is 0 Å². The van der Waals surface area contributed by atoms with Crippen LogP contribution in [0.15, 0.2) is 67.0 Å². The van der Waals surface area contributed by atoms with Crippen molar-refractivity contribution in [3.63, 3.8) is 0 Å². The summed E-state index contributed by atoms with van der Waals surface area (Å²) < 4.78 is 0. The molecule has 6 heteroatoms. The molecular formula is C28H32N4O2. The van der Waals surface area contributed by atoms with Crippen LogP contribution < -0.4 is 5.32 Å². The number of hydrogen-bond donors (Lipinski definition) is 2. The highest BCUT2D eigenvalue weighted by molar-refractivity contribution is 5.97. The molecule has 2 heterocycles. The maximum absolute atomic E-state index is 14.0. The number of pyridine rings is 1. The average Bonchev–Trinajstić information content (AvgIpc) is 3.66. The highest BCUT2D eigenvalue weighted by Crippen LogP contribution is 2.34. The van der Waals surface area contributed by atoms with Crippen molar-refractivity contribution in [3.05, 3.63) is 78.2 Å². The number of nitrogens with zero attached hydrogens (tertiary/aromatic N) is 2. The van der Waals surface area contributed by atoms with Crippen molar-refractivity contribution in [2.45, 2.75) is 69.5 Å². The molecule has 0 radical (unpaired) electrons. The second-order valence-electron chi connectivity index (χ2n) is 9.48. The molecule has 0 saturated heterocycles. The van der Waals surface area contributed by atoms with E-state index in [0.717, 1.165) is 68.2 Å². The molecule has 0 aliphatic heterocycles. The van der Waals surface area contributed by atoms with Crippen molar-refractivity contribution in [2.75, 3.05) is 0 Å². The van der Waals surface area contributed by atoms with Crippen LogP contribution in [-0.4, -0.2) is 38.8 Å². The van der Waals surface area contributed by atoms with Crippen LogP contribution in [0.5, 0.6) is 0 Å². The second kappa shape index (κ2) is 10.2. The lowest BCUT2D eigenvalue weighted by Gasteiger charge is -2.36. The molecule has 1 aromatic carbocycles. The highest BCUT2D eigenvalue weighted by atomic mass is 16.2. The van der Waals surface area contributed by atoms with Crippen LogP contribution >= 0.6 is 0 Å². The normalized spacial score (nSPS) is 17.5. The van der Waals surface area contributed by atoms with Crippen molar-refractivity contribution in [3.8, 4) is 11.3 Å². The molecule has 2 aliphatic carbocycles. The molecule has 1 atom stereocenters. The van der Waals surface area contributed by atoms with Gasteiger partial charge in [0.15, 0.2) is 0 Å². The Balaban J connectivity index is 1.50. The van der Waals surface area contributed by atoms with Gasteiger partial charge in [0.2, 0.25) is 5.91 Å². The molecule has 2 aromatic heterocycles. The summed E-state index contributed by atoms with van der Waals surface area (Å²) in [6.45, 7) is 0. The second-order valence-corrected chi connectivity index (χ2v) is 9.48. The van der Waals surface area contributed by atoms with Gasteiger partial charge in [0, 0.05) is 30.2 Å². The number of rotatable bonds is 7. The lowest BCUT2D eigenvalue weighted by molar-refractivity contribution is -0.127. The zero-order chi connectivity index (χ0) is 23.3. The van der Waals surface area contributed by atoms with Crippen LogP contribution in [-0.2, 0) is 4.79 Å². The molecule has 2 N–H and O–H groups in total. The summed E-state index contributed by atoms with van der Waals surface area (Å²) in [6, 6.07) is 17.0. The molecule has 0 bridgehead atoms. The number of carbonyl (C=O) groups excluding carboxylic acids is 2. The molecule has 1 unspecified atom stereocenters. The fourth-order valence-corrected chi connectivity index (χ4v) is 5.46. The molecule has 176 valence electrons.